The van der Waals surface area contributed by atoms with Crippen LogP contribution in [0, 0.1) is 0 Å². The molecule has 104 valence electrons. The molecule has 1 aromatic carbocycles. The summed E-state index contributed by atoms with van der Waals surface area (Å²) >= 11 is 7.79. The second kappa shape index (κ2) is 5.44. The van der Waals surface area contributed by atoms with E-state index in [-0.39, 0.29) is 6.04 Å². The van der Waals surface area contributed by atoms with Crippen LogP contribution in [0.3, 0.4) is 0 Å². The molecule has 0 spiro atoms. The van der Waals surface area contributed by atoms with Crippen LogP contribution in [0.5, 0.6) is 5.75 Å². The molecule has 0 aliphatic heterocycles. The van der Waals surface area contributed by atoms with Crippen LogP contribution in [-0.2, 0) is 6.61 Å². The van der Waals surface area contributed by atoms with Gasteiger partial charge in [0, 0.05) is 23.8 Å². The van der Waals surface area contributed by atoms with E-state index in [0.29, 0.717) is 17.4 Å². The topological polar surface area (TPSA) is 52.5 Å². The number of nitrogens with two attached hydrogens (primary N) is 1. The average Bonchev–Trinajstić information content (AvgIpc) is 2.97. The molecule has 3 rings (SSSR count). The second-order valence-electron chi connectivity index (χ2n) is 4.59. The van der Waals surface area contributed by atoms with Gasteiger partial charge in [-0.15, -0.1) is 11.3 Å². The minimum atomic E-state index is -0.0403. The van der Waals surface area contributed by atoms with Crippen LogP contribution in [0.15, 0.2) is 36.0 Å². The van der Waals surface area contributed by atoms with Crippen molar-refractivity contribution in [3.63, 3.8) is 0 Å². The minimum Gasteiger partial charge on any atom is -0.486 e. The number of thiazole rings is 1. The molecule has 0 saturated carbocycles. The van der Waals surface area contributed by atoms with Crippen molar-refractivity contribution in [2.45, 2.75) is 19.6 Å². The van der Waals surface area contributed by atoms with Gasteiger partial charge in [0.15, 0.2) is 4.96 Å². The molecule has 2 N–H and O–H groups in total. The van der Waals surface area contributed by atoms with Crippen LogP contribution >= 0.6 is 22.9 Å². The highest BCUT2D eigenvalue weighted by atomic mass is 35.5. The van der Waals surface area contributed by atoms with Gasteiger partial charge >= 0.3 is 0 Å². The molecule has 2 aromatic heterocycles. The SMILES string of the molecule is C[C@@H](N)c1ccc(OCc2cn3ccsc3n2)c(Cl)c1. The number of rotatable bonds is 4. The summed E-state index contributed by atoms with van der Waals surface area (Å²) in [5, 5.41) is 2.57. The van der Waals surface area contributed by atoms with Crippen molar-refractivity contribution in [2.24, 2.45) is 5.73 Å². The summed E-state index contributed by atoms with van der Waals surface area (Å²) in [7, 11) is 0. The largest absolute Gasteiger partial charge is 0.486 e. The van der Waals surface area contributed by atoms with E-state index < -0.39 is 0 Å². The molecule has 0 aliphatic rings. The van der Waals surface area contributed by atoms with Gasteiger partial charge in [-0.25, -0.2) is 4.98 Å². The third kappa shape index (κ3) is 2.65. The number of ether oxygens (including phenoxy) is 1. The highest BCUT2D eigenvalue weighted by Gasteiger charge is 2.08. The van der Waals surface area contributed by atoms with Gasteiger partial charge in [0.2, 0.25) is 0 Å². The first-order chi connectivity index (χ1) is 9.63. The molecule has 0 radical (unpaired) electrons. The summed E-state index contributed by atoms with van der Waals surface area (Å²) in [6.07, 6.45) is 3.93. The van der Waals surface area contributed by atoms with Crippen LogP contribution in [-0.4, -0.2) is 9.38 Å². The Labute approximate surface area is 125 Å². The third-order valence-corrected chi connectivity index (χ3v) is 4.07. The molecule has 4 nitrogen and oxygen atoms in total. The van der Waals surface area contributed by atoms with E-state index in [2.05, 4.69) is 4.98 Å². The predicted octanol–water partition coefficient (Wildman–Crippen LogP) is 3.65. The molecule has 6 heteroatoms. The van der Waals surface area contributed by atoms with E-state index in [0.717, 1.165) is 16.2 Å². The van der Waals surface area contributed by atoms with Gasteiger partial charge in [-0.2, -0.15) is 0 Å². The van der Waals surface area contributed by atoms with Crippen LogP contribution in [0.2, 0.25) is 5.02 Å². The van der Waals surface area contributed by atoms with Gasteiger partial charge in [0.05, 0.1) is 10.7 Å². The van der Waals surface area contributed by atoms with Gasteiger partial charge in [-0.05, 0) is 24.6 Å². The Morgan fingerprint density at radius 2 is 2.35 bits per heavy atom. The normalized spacial score (nSPS) is 12.8. The number of benzene rings is 1. The van der Waals surface area contributed by atoms with Crippen LogP contribution < -0.4 is 10.5 Å². The van der Waals surface area contributed by atoms with Crippen molar-refractivity contribution in [2.75, 3.05) is 0 Å². The zero-order valence-electron chi connectivity index (χ0n) is 10.9. The van der Waals surface area contributed by atoms with Crippen molar-refractivity contribution < 1.29 is 4.74 Å². The van der Waals surface area contributed by atoms with Gasteiger partial charge in [-0.1, -0.05) is 17.7 Å². The zero-order valence-corrected chi connectivity index (χ0v) is 12.5. The smallest absolute Gasteiger partial charge is 0.193 e. The van der Waals surface area contributed by atoms with Crippen molar-refractivity contribution >= 4 is 27.9 Å². The number of imidazole rings is 1. The predicted molar refractivity (Wildman–Crippen MR) is 81.5 cm³/mol. The highest BCUT2D eigenvalue weighted by Crippen LogP contribution is 2.28. The quantitative estimate of drug-likeness (QED) is 0.800. The summed E-state index contributed by atoms with van der Waals surface area (Å²) in [6, 6.07) is 5.58. The van der Waals surface area contributed by atoms with Gasteiger partial charge in [0.1, 0.15) is 12.4 Å². The molecule has 0 saturated heterocycles. The number of halogens is 1. The molecular formula is C14H14ClN3OS. The number of aromatic nitrogens is 2. The van der Waals surface area contributed by atoms with Crippen LogP contribution in [0.25, 0.3) is 4.96 Å². The fraction of sp³-hybridized carbons (Fsp3) is 0.214. The van der Waals surface area contributed by atoms with E-state index in [1.807, 2.05) is 47.3 Å². The first-order valence-electron chi connectivity index (χ1n) is 6.22. The van der Waals surface area contributed by atoms with Crippen molar-refractivity contribution in [3.8, 4) is 5.75 Å². The fourth-order valence-electron chi connectivity index (χ4n) is 1.91. The molecule has 0 amide bonds. The Morgan fingerprint density at radius 3 is 3.05 bits per heavy atom. The first-order valence-corrected chi connectivity index (χ1v) is 7.48. The molecular weight excluding hydrogens is 294 g/mol. The van der Waals surface area contributed by atoms with Gasteiger partial charge < -0.3 is 10.5 Å². The molecule has 1 atom stereocenters. The van der Waals surface area contributed by atoms with E-state index in [1.165, 1.54) is 0 Å². The molecule has 0 bridgehead atoms. The number of hydrogen-bond donors (Lipinski definition) is 1. The lowest BCUT2D eigenvalue weighted by atomic mass is 10.1. The maximum atomic E-state index is 6.19. The Bertz CT molecular complexity index is 706. The summed E-state index contributed by atoms with van der Waals surface area (Å²) in [4.78, 5) is 5.42. The molecule has 3 aromatic rings. The lowest BCUT2D eigenvalue weighted by molar-refractivity contribution is 0.302. The zero-order chi connectivity index (χ0) is 14.1. The molecule has 0 unspecified atom stereocenters. The fourth-order valence-corrected chi connectivity index (χ4v) is 2.88. The monoisotopic (exact) mass is 307 g/mol. The van der Waals surface area contributed by atoms with Crippen molar-refractivity contribution in [3.05, 3.63) is 52.3 Å². The second-order valence-corrected chi connectivity index (χ2v) is 5.87. The lowest BCUT2D eigenvalue weighted by Gasteiger charge is -2.10. The Balaban J connectivity index is 1.73. The molecule has 2 heterocycles. The van der Waals surface area contributed by atoms with E-state index in [1.54, 1.807) is 11.3 Å². The highest BCUT2D eigenvalue weighted by molar-refractivity contribution is 7.15. The molecule has 20 heavy (non-hydrogen) atoms. The number of nitrogens with zero attached hydrogens (tertiary/aromatic N) is 2. The third-order valence-electron chi connectivity index (χ3n) is 3.00. The van der Waals surface area contributed by atoms with Crippen LogP contribution in [0.1, 0.15) is 24.2 Å². The molecule has 0 aliphatic carbocycles. The van der Waals surface area contributed by atoms with Crippen LogP contribution in [0.4, 0.5) is 0 Å². The van der Waals surface area contributed by atoms with Crippen molar-refractivity contribution in [1.82, 2.24) is 9.38 Å². The van der Waals surface area contributed by atoms with E-state index in [4.69, 9.17) is 22.1 Å². The maximum Gasteiger partial charge on any atom is 0.193 e. The van der Waals surface area contributed by atoms with Crippen molar-refractivity contribution in [1.29, 1.82) is 0 Å². The Hall–Kier alpha value is -1.56. The molecule has 0 fully saturated rings. The lowest BCUT2D eigenvalue weighted by Crippen LogP contribution is -2.05. The maximum absolute atomic E-state index is 6.19. The summed E-state index contributed by atoms with van der Waals surface area (Å²) < 4.78 is 7.69. The minimum absolute atomic E-state index is 0.0403. The standard InChI is InChI=1S/C14H14ClN3OS/c1-9(16)10-2-3-13(12(15)6-10)19-8-11-7-18-4-5-20-14(18)17-11/h2-7,9H,8,16H2,1H3/t9-/m1/s1. The summed E-state index contributed by atoms with van der Waals surface area (Å²) in [6.45, 7) is 2.32. The van der Waals surface area contributed by atoms with E-state index in [9.17, 15) is 0 Å². The Morgan fingerprint density at radius 1 is 1.50 bits per heavy atom. The van der Waals surface area contributed by atoms with Gasteiger partial charge in [0.25, 0.3) is 0 Å². The van der Waals surface area contributed by atoms with E-state index >= 15 is 0 Å². The average molecular weight is 308 g/mol. The van der Waals surface area contributed by atoms with Gasteiger partial charge in [-0.3, -0.25) is 4.40 Å². The number of hydrogen-bond acceptors (Lipinski definition) is 4. The summed E-state index contributed by atoms with van der Waals surface area (Å²) in [5.74, 6) is 0.646. The number of fused-ring (bicyclic) bond motifs is 1. The first kappa shape index (κ1) is 13.4. The summed E-state index contributed by atoms with van der Waals surface area (Å²) in [5.41, 5.74) is 7.69. The Kier molecular flexibility index (Phi) is 3.65.